The molecule has 1 rings (SSSR count). The smallest absolute Gasteiger partial charge is 0.164 e. The van der Waals surface area contributed by atoms with Gasteiger partial charge in [0.25, 0.3) is 0 Å². The third-order valence-corrected chi connectivity index (χ3v) is 1.88. The number of hydrogen-bond acceptors (Lipinski definition) is 3. The van der Waals surface area contributed by atoms with Crippen LogP contribution in [0.5, 0.6) is 5.75 Å². The van der Waals surface area contributed by atoms with E-state index in [1.807, 2.05) is 0 Å². The summed E-state index contributed by atoms with van der Waals surface area (Å²) in [5, 5.41) is 13.3. The number of hydrogen-bond donors (Lipinski definition) is 1. The van der Waals surface area contributed by atoms with E-state index >= 15 is 0 Å². The minimum absolute atomic E-state index is 0.0890. The van der Waals surface area contributed by atoms with Crippen molar-refractivity contribution in [2.75, 3.05) is 0 Å². The fraction of sp³-hybridized carbons (Fsp3) is 0.100. The number of allylic oxidation sites excluding steroid dienone is 1. The highest BCUT2D eigenvalue weighted by Gasteiger charge is 2.08. The second kappa shape index (κ2) is 4.67. The summed E-state index contributed by atoms with van der Waals surface area (Å²) < 4.78 is 0. The monoisotopic (exact) mass is 211 g/mol. The maximum absolute atomic E-state index is 9.52. The van der Waals surface area contributed by atoms with E-state index in [0.29, 0.717) is 16.3 Å². The second-order valence-electron chi connectivity index (χ2n) is 2.53. The Balaban J connectivity index is 3.15. The molecular weight excluding hydrogens is 202 g/mol. The van der Waals surface area contributed by atoms with Gasteiger partial charge in [0.15, 0.2) is 5.76 Å². The molecule has 0 saturated carbocycles. The topological polar surface area (TPSA) is 41.8 Å². The Morgan fingerprint density at radius 3 is 2.93 bits per heavy atom. The fourth-order valence-corrected chi connectivity index (χ4v) is 1.20. The van der Waals surface area contributed by atoms with E-state index in [1.165, 1.54) is 6.07 Å². The van der Waals surface area contributed by atoms with Crippen LogP contribution in [0.3, 0.4) is 0 Å². The van der Waals surface area contributed by atoms with Crippen molar-refractivity contribution in [1.29, 1.82) is 0 Å². The van der Waals surface area contributed by atoms with E-state index in [2.05, 4.69) is 11.9 Å². The lowest BCUT2D eigenvalue weighted by Gasteiger charge is -2.06. The van der Waals surface area contributed by atoms with Crippen molar-refractivity contribution in [2.45, 2.75) is 6.92 Å². The van der Waals surface area contributed by atoms with Crippen molar-refractivity contribution in [3.8, 4) is 5.75 Å². The molecule has 0 atom stereocenters. The molecule has 1 aromatic carbocycles. The van der Waals surface area contributed by atoms with E-state index in [9.17, 15) is 5.11 Å². The summed E-state index contributed by atoms with van der Waals surface area (Å²) in [5.74, 6) is 0.506. The van der Waals surface area contributed by atoms with Crippen molar-refractivity contribution in [2.24, 2.45) is 5.16 Å². The van der Waals surface area contributed by atoms with Crippen LogP contribution in [-0.2, 0) is 4.84 Å². The summed E-state index contributed by atoms with van der Waals surface area (Å²) in [6.07, 6.45) is 1.67. The number of oxime groups is 1. The van der Waals surface area contributed by atoms with Crippen LogP contribution in [0.4, 0.5) is 0 Å². The first-order valence-electron chi connectivity index (χ1n) is 3.97. The van der Waals surface area contributed by atoms with E-state index in [-0.39, 0.29) is 5.75 Å². The zero-order valence-corrected chi connectivity index (χ0v) is 8.45. The van der Waals surface area contributed by atoms with Gasteiger partial charge in [-0.1, -0.05) is 16.8 Å². The molecule has 74 valence electrons. The van der Waals surface area contributed by atoms with Gasteiger partial charge < -0.3 is 9.94 Å². The predicted molar refractivity (Wildman–Crippen MR) is 57.4 cm³/mol. The molecule has 0 aromatic heterocycles. The lowest BCUT2D eigenvalue weighted by molar-refractivity contribution is 0.299. The Kier molecular flexibility index (Phi) is 3.54. The molecule has 0 spiro atoms. The van der Waals surface area contributed by atoms with Crippen LogP contribution in [0.25, 0.3) is 5.76 Å². The Hall–Kier alpha value is -1.48. The zero-order chi connectivity index (χ0) is 10.6. The van der Waals surface area contributed by atoms with Gasteiger partial charge in [0.2, 0.25) is 0 Å². The van der Waals surface area contributed by atoms with Gasteiger partial charge in [0, 0.05) is 11.7 Å². The van der Waals surface area contributed by atoms with Crippen LogP contribution in [0.2, 0.25) is 5.02 Å². The number of aromatic hydroxyl groups is 1. The van der Waals surface area contributed by atoms with Crippen molar-refractivity contribution >= 4 is 24.1 Å². The molecule has 0 radical (unpaired) electrons. The summed E-state index contributed by atoms with van der Waals surface area (Å²) in [5.41, 5.74) is 0.493. The highest BCUT2D eigenvalue weighted by Crippen LogP contribution is 2.28. The van der Waals surface area contributed by atoms with E-state index in [0.717, 1.165) is 0 Å². The largest absolute Gasteiger partial charge is 0.507 e. The number of halogens is 1. The summed E-state index contributed by atoms with van der Waals surface area (Å²) >= 11 is 5.78. The third kappa shape index (κ3) is 2.26. The number of phenols is 1. The van der Waals surface area contributed by atoms with Crippen LogP contribution >= 0.6 is 11.6 Å². The van der Waals surface area contributed by atoms with Gasteiger partial charge in [-0.2, -0.15) is 0 Å². The molecule has 1 aromatic rings. The molecule has 0 heterocycles. The van der Waals surface area contributed by atoms with E-state index in [1.54, 1.807) is 25.1 Å². The number of phenolic OH excluding ortho intramolecular Hbond substituents is 1. The average molecular weight is 212 g/mol. The summed E-state index contributed by atoms with van der Waals surface area (Å²) in [6.45, 7) is 4.96. The summed E-state index contributed by atoms with van der Waals surface area (Å²) in [6, 6.07) is 4.68. The molecule has 0 saturated heterocycles. The maximum atomic E-state index is 9.52. The van der Waals surface area contributed by atoms with Crippen molar-refractivity contribution in [1.82, 2.24) is 0 Å². The molecule has 0 amide bonds. The van der Waals surface area contributed by atoms with Gasteiger partial charge in [0.1, 0.15) is 5.75 Å². The van der Waals surface area contributed by atoms with Gasteiger partial charge in [-0.25, -0.2) is 0 Å². The highest BCUT2D eigenvalue weighted by molar-refractivity contribution is 6.30. The molecule has 0 fully saturated rings. The van der Waals surface area contributed by atoms with Crippen molar-refractivity contribution in [3.63, 3.8) is 0 Å². The van der Waals surface area contributed by atoms with Crippen LogP contribution in [-0.4, -0.2) is 11.8 Å². The third-order valence-electron chi connectivity index (χ3n) is 1.65. The average Bonchev–Trinajstić information content (AvgIpc) is 2.18. The van der Waals surface area contributed by atoms with Crippen molar-refractivity contribution in [3.05, 3.63) is 34.9 Å². The Bertz CT molecular complexity index is 374. The quantitative estimate of drug-likeness (QED) is 0.474. The fourth-order valence-electron chi connectivity index (χ4n) is 1.03. The summed E-state index contributed by atoms with van der Waals surface area (Å²) in [7, 11) is 0. The molecule has 4 heteroatoms. The molecule has 0 bridgehead atoms. The van der Waals surface area contributed by atoms with E-state index < -0.39 is 0 Å². The molecular formula is C10H10ClNO2. The minimum atomic E-state index is 0.0890. The van der Waals surface area contributed by atoms with Crippen LogP contribution < -0.4 is 0 Å². The zero-order valence-electron chi connectivity index (χ0n) is 7.70. The lowest BCUT2D eigenvalue weighted by Crippen LogP contribution is -1.87. The first kappa shape index (κ1) is 10.6. The lowest BCUT2D eigenvalue weighted by atomic mass is 10.1. The number of nitrogens with zero attached hydrogens (tertiary/aromatic N) is 1. The molecule has 0 unspecified atom stereocenters. The Labute approximate surface area is 87.3 Å². The minimum Gasteiger partial charge on any atom is -0.507 e. The SMILES string of the molecule is C=NO/C(=C\C)c1cc(Cl)ccc1O. The van der Waals surface area contributed by atoms with Gasteiger partial charge in [-0.3, -0.25) is 0 Å². The molecule has 1 N–H and O–H groups in total. The summed E-state index contributed by atoms with van der Waals surface area (Å²) in [4.78, 5) is 4.87. The van der Waals surface area contributed by atoms with Gasteiger partial charge >= 0.3 is 0 Å². The van der Waals surface area contributed by atoms with Gasteiger partial charge in [-0.05, 0) is 31.2 Å². The van der Waals surface area contributed by atoms with Gasteiger partial charge in [-0.15, -0.1) is 0 Å². The number of benzene rings is 1. The first-order valence-corrected chi connectivity index (χ1v) is 4.35. The Morgan fingerprint density at radius 2 is 2.36 bits per heavy atom. The molecule has 0 aliphatic heterocycles. The van der Waals surface area contributed by atoms with Crippen LogP contribution in [0.15, 0.2) is 29.4 Å². The normalized spacial score (nSPS) is 11.1. The maximum Gasteiger partial charge on any atom is 0.164 e. The van der Waals surface area contributed by atoms with Crippen LogP contribution in [0, 0.1) is 0 Å². The number of rotatable bonds is 3. The molecule has 0 aliphatic rings. The first-order chi connectivity index (χ1) is 6.69. The molecule has 14 heavy (non-hydrogen) atoms. The van der Waals surface area contributed by atoms with Crippen LogP contribution in [0.1, 0.15) is 12.5 Å². The predicted octanol–water partition coefficient (Wildman–Crippen LogP) is 3.04. The standard InChI is InChI=1S/C10H10ClNO2/c1-3-10(14-12-2)8-6-7(11)4-5-9(8)13/h3-6,13H,2H2,1H3/b10-3-. The van der Waals surface area contributed by atoms with Gasteiger partial charge in [0.05, 0.1) is 5.56 Å². The van der Waals surface area contributed by atoms with Crippen molar-refractivity contribution < 1.29 is 9.94 Å². The highest BCUT2D eigenvalue weighted by atomic mass is 35.5. The second-order valence-corrected chi connectivity index (χ2v) is 2.97. The Morgan fingerprint density at radius 1 is 1.64 bits per heavy atom. The molecule has 0 aliphatic carbocycles. The van der Waals surface area contributed by atoms with E-state index in [4.69, 9.17) is 16.4 Å². The molecule has 3 nitrogen and oxygen atoms in total.